The average molecular weight is 285 g/mol. The first kappa shape index (κ1) is 13.1. The summed E-state index contributed by atoms with van der Waals surface area (Å²) in [6, 6.07) is 2.10. The molecule has 0 saturated carbocycles. The van der Waals surface area contributed by atoms with Gasteiger partial charge in [-0.2, -0.15) is 5.10 Å². The quantitative estimate of drug-likeness (QED) is 0.794. The lowest BCUT2D eigenvalue weighted by Crippen LogP contribution is -2.56. The van der Waals surface area contributed by atoms with Crippen molar-refractivity contribution in [1.29, 1.82) is 0 Å². The van der Waals surface area contributed by atoms with Gasteiger partial charge in [0.1, 0.15) is 0 Å². The minimum atomic E-state index is -3.07. The molecular weight excluding hydrogens is 266 g/mol. The number of aryl methyl sites for hydroxylation is 2. The Morgan fingerprint density at radius 1 is 1.32 bits per heavy atom. The standard InChI is InChI=1S/C12H19N3O3S/c1-8-3-9(2)15(13-8)10-4-14(5-10)11-6-19(17,18)7-12(11)16/h3,10-12,16H,4-7H2,1-2H3/t11-,12+/m0/s1. The molecule has 0 aliphatic carbocycles. The summed E-state index contributed by atoms with van der Waals surface area (Å²) in [4.78, 5) is 2.05. The molecule has 1 aromatic heterocycles. The van der Waals surface area contributed by atoms with E-state index in [1.165, 1.54) is 0 Å². The summed E-state index contributed by atoms with van der Waals surface area (Å²) in [7, 11) is -3.07. The van der Waals surface area contributed by atoms with Crippen LogP contribution in [-0.4, -0.2) is 64.9 Å². The summed E-state index contributed by atoms with van der Waals surface area (Å²) >= 11 is 0. The van der Waals surface area contributed by atoms with Gasteiger partial charge in [0.25, 0.3) is 0 Å². The van der Waals surface area contributed by atoms with Crippen molar-refractivity contribution in [2.45, 2.75) is 32.0 Å². The fourth-order valence-corrected chi connectivity index (χ4v) is 4.92. The topological polar surface area (TPSA) is 75.4 Å². The predicted octanol–water partition coefficient (Wildman–Crippen LogP) is -0.485. The number of nitrogens with zero attached hydrogens (tertiary/aromatic N) is 3. The maximum Gasteiger partial charge on any atom is 0.154 e. The van der Waals surface area contributed by atoms with Crippen molar-refractivity contribution in [1.82, 2.24) is 14.7 Å². The van der Waals surface area contributed by atoms with Crippen molar-refractivity contribution >= 4 is 9.84 Å². The normalized spacial score (nSPS) is 31.5. The van der Waals surface area contributed by atoms with Crippen LogP contribution in [0.5, 0.6) is 0 Å². The maximum absolute atomic E-state index is 11.5. The van der Waals surface area contributed by atoms with Gasteiger partial charge >= 0.3 is 0 Å². The summed E-state index contributed by atoms with van der Waals surface area (Å²) < 4.78 is 25.0. The van der Waals surface area contributed by atoms with Crippen LogP contribution in [0.4, 0.5) is 0 Å². The third kappa shape index (κ3) is 2.30. The Morgan fingerprint density at radius 2 is 2.00 bits per heavy atom. The van der Waals surface area contributed by atoms with E-state index in [1.807, 2.05) is 24.6 Å². The van der Waals surface area contributed by atoms with Crippen molar-refractivity contribution in [3.63, 3.8) is 0 Å². The predicted molar refractivity (Wildman–Crippen MR) is 70.8 cm³/mol. The zero-order valence-corrected chi connectivity index (χ0v) is 12.0. The highest BCUT2D eigenvalue weighted by Gasteiger charge is 2.44. The molecule has 0 amide bonds. The van der Waals surface area contributed by atoms with E-state index in [-0.39, 0.29) is 17.5 Å². The molecule has 2 atom stereocenters. The number of rotatable bonds is 2. The SMILES string of the molecule is Cc1cc(C)n(C2CN([C@H]3CS(=O)(=O)C[C@H]3O)C2)n1. The molecule has 2 aliphatic heterocycles. The third-order valence-corrected chi connectivity index (χ3v) is 5.74. The van der Waals surface area contributed by atoms with Gasteiger partial charge in [0.05, 0.1) is 35.4 Å². The van der Waals surface area contributed by atoms with E-state index in [9.17, 15) is 13.5 Å². The number of aliphatic hydroxyl groups is 1. The molecule has 0 aromatic carbocycles. The fourth-order valence-electron chi connectivity index (χ4n) is 3.09. The lowest BCUT2D eigenvalue weighted by atomic mass is 10.0. The first-order valence-corrected chi connectivity index (χ1v) is 8.33. The summed E-state index contributed by atoms with van der Waals surface area (Å²) in [5.41, 5.74) is 2.13. The first-order valence-electron chi connectivity index (χ1n) is 6.51. The number of hydrogen-bond acceptors (Lipinski definition) is 5. The zero-order valence-electron chi connectivity index (χ0n) is 11.2. The van der Waals surface area contributed by atoms with E-state index in [2.05, 4.69) is 10.00 Å². The van der Waals surface area contributed by atoms with Crippen LogP contribution in [0.3, 0.4) is 0 Å². The maximum atomic E-state index is 11.5. The molecule has 2 fully saturated rings. The van der Waals surface area contributed by atoms with Crippen molar-refractivity contribution in [2.24, 2.45) is 0 Å². The Balaban J connectivity index is 1.66. The highest BCUT2D eigenvalue weighted by atomic mass is 32.2. The van der Waals surface area contributed by atoms with Gasteiger partial charge in [-0.25, -0.2) is 8.42 Å². The lowest BCUT2D eigenvalue weighted by Gasteiger charge is -2.44. The number of aromatic nitrogens is 2. The highest BCUT2D eigenvalue weighted by Crippen LogP contribution is 2.29. The van der Waals surface area contributed by atoms with E-state index in [0.29, 0.717) is 6.04 Å². The van der Waals surface area contributed by atoms with E-state index in [4.69, 9.17) is 0 Å². The zero-order chi connectivity index (χ0) is 13.8. The van der Waals surface area contributed by atoms with E-state index < -0.39 is 15.9 Å². The summed E-state index contributed by atoms with van der Waals surface area (Å²) in [5.74, 6) is -0.0171. The van der Waals surface area contributed by atoms with Crippen molar-refractivity contribution in [3.05, 3.63) is 17.5 Å². The van der Waals surface area contributed by atoms with Crippen molar-refractivity contribution < 1.29 is 13.5 Å². The van der Waals surface area contributed by atoms with E-state index >= 15 is 0 Å². The van der Waals surface area contributed by atoms with E-state index in [1.54, 1.807) is 0 Å². The molecule has 0 spiro atoms. The van der Waals surface area contributed by atoms with Gasteiger partial charge in [-0.3, -0.25) is 9.58 Å². The second-order valence-corrected chi connectivity index (χ2v) is 7.84. The molecule has 19 heavy (non-hydrogen) atoms. The summed E-state index contributed by atoms with van der Waals surface area (Å²) in [6.07, 6.45) is -0.744. The van der Waals surface area contributed by atoms with Gasteiger partial charge in [0.15, 0.2) is 9.84 Å². The largest absolute Gasteiger partial charge is 0.390 e. The van der Waals surface area contributed by atoms with Crippen molar-refractivity contribution in [2.75, 3.05) is 24.6 Å². The molecule has 3 rings (SSSR count). The monoisotopic (exact) mass is 285 g/mol. The highest BCUT2D eigenvalue weighted by molar-refractivity contribution is 7.91. The average Bonchev–Trinajstić information content (AvgIpc) is 2.65. The van der Waals surface area contributed by atoms with Gasteiger partial charge in [-0.1, -0.05) is 0 Å². The molecule has 106 valence electrons. The number of aliphatic hydroxyl groups excluding tert-OH is 1. The van der Waals surface area contributed by atoms with Gasteiger partial charge in [-0.15, -0.1) is 0 Å². The lowest BCUT2D eigenvalue weighted by molar-refractivity contribution is 0.00777. The minimum Gasteiger partial charge on any atom is -0.390 e. The number of sulfone groups is 1. The van der Waals surface area contributed by atoms with Crippen LogP contribution in [-0.2, 0) is 9.84 Å². The van der Waals surface area contributed by atoms with Crippen LogP contribution in [0.1, 0.15) is 17.4 Å². The first-order chi connectivity index (χ1) is 8.85. The van der Waals surface area contributed by atoms with Crippen LogP contribution < -0.4 is 0 Å². The van der Waals surface area contributed by atoms with Crippen LogP contribution in [0.15, 0.2) is 6.07 Å². The molecule has 6 nitrogen and oxygen atoms in total. The van der Waals surface area contributed by atoms with Crippen LogP contribution in [0.2, 0.25) is 0 Å². The molecule has 1 aromatic rings. The van der Waals surface area contributed by atoms with Crippen LogP contribution >= 0.6 is 0 Å². The molecule has 0 bridgehead atoms. The van der Waals surface area contributed by atoms with E-state index in [0.717, 1.165) is 24.5 Å². The van der Waals surface area contributed by atoms with Gasteiger partial charge < -0.3 is 5.11 Å². The Hall–Kier alpha value is -0.920. The molecule has 7 heteroatoms. The number of likely N-dealkylation sites (tertiary alicyclic amines) is 1. The minimum absolute atomic E-state index is 0.0814. The Labute approximate surface area is 112 Å². The summed E-state index contributed by atoms with van der Waals surface area (Å²) in [6.45, 7) is 5.52. The third-order valence-electron chi connectivity index (χ3n) is 4.04. The second kappa shape index (κ2) is 4.29. The Bertz CT molecular complexity index is 589. The molecule has 0 unspecified atom stereocenters. The fraction of sp³-hybridized carbons (Fsp3) is 0.750. The second-order valence-electron chi connectivity index (χ2n) is 5.69. The molecule has 2 saturated heterocycles. The van der Waals surface area contributed by atoms with Gasteiger partial charge in [-0.05, 0) is 19.9 Å². The molecule has 2 aliphatic rings. The Kier molecular flexibility index (Phi) is 2.95. The molecule has 1 N–H and O–H groups in total. The Morgan fingerprint density at radius 3 is 2.47 bits per heavy atom. The smallest absolute Gasteiger partial charge is 0.154 e. The molecular formula is C12H19N3O3S. The number of hydrogen-bond donors (Lipinski definition) is 1. The van der Waals surface area contributed by atoms with Gasteiger partial charge in [0.2, 0.25) is 0 Å². The summed E-state index contributed by atoms with van der Waals surface area (Å²) in [5, 5.41) is 14.3. The molecule has 3 heterocycles. The molecule has 0 radical (unpaired) electrons. The van der Waals surface area contributed by atoms with Gasteiger partial charge in [0, 0.05) is 18.8 Å². The van der Waals surface area contributed by atoms with Crippen LogP contribution in [0.25, 0.3) is 0 Å². The van der Waals surface area contributed by atoms with Crippen LogP contribution in [0, 0.1) is 13.8 Å². The van der Waals surface area contributed by atoms with Crippen molar-refractivity contribution in [3.8, 4) is 0 Å².